The molecule has 0 aromatic heterocycles. The van der Waals surface area contributed by atoms with Gasteiger partial charge in [-0.3, -0.25) is 4.79 Å². The van der Waals surface area contributed by atoms with Gasteiger partial charge in [0, 0.05) is 24.2 Å². The maximum atomic E-state index is 12.1. The second-order valence-electron chi connectivity index (χ2n) is 6.31. The zero-order valence-electron chi connectivity index (χ0n) is 13.9. The van der Waals surface area contributed by atoms with Crippen LogP contribution in [0, 0.1) is 5.92 Å². The van der Waals surface area contributed by atoms with Crippen LogP contribution in [0.1, 0.15) is 38.1 Å². The van der Waals surface area contributed by atoms with Gasteiger partial charge in [-0.15, -0.1) is 12.4 Å². The van der Waals surface area contributed by atoms with Crippen LogP contribution in [0.2, 0.25) is 0 Å². The highest BCUT2D eigenvalue weighted by molar-refractivity contribution is 7.89. The van der Waals surface area contributed by atoms with Crippen LogP contribution in [0.3, 0.4) is 0 Å². The highest BCUT2D eigenvalue weighted by Gasteiger charge is 2.20. The maximum absolute atomic E-state index is 12.1. The van der Waals surface area contributed by atoms with Gasteiger partial charge in [0.05, 0.1) is 4.90 Å². The van der Waals surface area contributed by atoms with Gasteiger partial charge in [0.2, 0.25) is 10.0 Å². The first-order valence-electron chi connectivity index (χ1n) is 7.20. The van der Waals surface area contributed by atoms with E-state index >= 15 is 0 Å². The molecule has 6 nitrogen and oxygen atoms in total. The number of carbonyl (C=O) groups excluding carboxylic acids is 1. The number of sulfonamides is 1. The summed E-state index contributed by atoms with van der Waals surface area (Å²) in [6.45, 7) is 8.17. The number of halogens is 1. The van der Waals surface area contributed by atoms with E-state index in [0.29, 0.717) is 18.7 Å². The monoisotopic (exact) mass is 363 g/mol. The van der Waals surface area contributed by atoms with Crippen LogP contribution >= 0.6 is 12.4 Å². The summed E-state index contributed by atoms with van der Waals surface area (Å²) >= 11 is 0. The van der Waals surface area contributed by atoms with E-state index in [1.54, 1.807) is 0 Å². The maximum Gasteiger partial charge on any atom is 0.251 e. The van der Waals surface area contributed by atoms with E-state index in [0.717, 1.165) is 0 Å². The molecule has 0 aliphatic carbocycles. The van der Waals surface area contributed by atoms with Gasteiger partial charge < -0.3 is 11.1 Å². The highest BCUT2D eigenvalue weighted by atomic mass is 35.5. The molecule has 0 heterocycles. The number of rotatable bonds is 7. The van der Waals surface area contributed by atoms with Crippen molar-refractivity contribution in [3.8, 4) is 0 Å². The topological polar surface area (TPSA) is 101 Å². The summed E-state index contributed by atoms with van der Waals surface area (Å²) in [5.74, 6) is -0.0622. The molecular formula is C15H26ClN3O3S. The smallest absolute Gasteiger partial charge is 0.251 e. The van der Waals surface area contributed by atoms with Crippen molar-refractivity contribution in [2.24, 2.45) is 11.7 Å². The second kappa shape index (κ2) is 8.63. The third kappa shape index (κ3) is 6.87. The van der Waals surface area contributed by atoms with E-state index in [1.165, 1.54) is 24.3 Å². The summed E-state index contributed by atoms with van der Waals surface area (Å²) in [6, 6.07) is 5.83. The molecule has 132 valence electrons. The molecule has 0 aliphatic heterocycles. The fourth-order valence-electron chi connectivity index (χ4n) is 1.58. The fraction of sp³-hybridized carbons (Fsp3) is 0.533. The van der Waals surface area contributed by atoms with Gasteiger partial charge in [0.1, 0.15) is 0 Å². The average molecular weight is 364 g/mol. The normalized spacial score (nSPS) is 11.9. The van der Waals surface area contributed by atoms with Crippen molar-refractivity contribution in [2.75, 3.05) is 13.1 Å². The molecule has 1 aromatic rings. The summed E-state index contributed by atoms with van der Waals surface area (Å²) in [5, 5.41) is 2.79. The van der Waals surface area contributed by atoms with Gasteiger partial charge in [-0.05, 0) is 44.0 Å². The molecule has 1 amide bonds. The van der Waals surface area contributed by atoms with Gasteiger partial charge in [-0.25, -0.2) is 13.1 Å². The van der Waals surface area contributed by atoms with Crippen LogP contribution in [0.5, 0.6) is 0 Å². The van der Waals surface area contributed by atoms with Crippen molar-refractivity contribution < 1.29 is 13.2 Å². The molecular weight excluding hydrogens is 338 g/mol. The summed E-state index contributed by atoms with van der Waals surface area (Å²) in [4.78, 5) is 12.2. The fourth-order valence-corrected chi connectivity index (χ4v) is 2.79. The molecule has 0 aliphatic rings. The number of nitrogens with two attached hydrogens (primary N) is 1. The van der Waals surface area contributed by atoms with E-state index in [9.17, 15) is 13.2 Å². The SMILES string of the molecule is CC(C)CNS(=O)(=O)c1ccc(C(=O)NC(C)(C)CN)cc1.Cl. The van der Waals surface area contributed by atoms with Crippen molar-refractivity contribution in [2.45, 2.75) is 38.1 Å². The molecule has 1 rings (SSSR count). The van der Waals surface area contributed by atoms with E-state index < -0.39 is 15.6 Å². The first-order chi connectivity index (χ1) is 10.1. The van der Waals surface area contributed by atoms with Crippen molar-refractivity contribution in [3.05, 3.63) is 29.8 Å². The lowest BCUT2D eigenvalue weighted by Crippen LogP contribution is -2.48. The third-order valence-electron chi connectivity index (χ3n) is 3.07. The van der Waals surface area contributed by atoms with Crippen molar-refractivity contribution in [1.82, 2.24) is 10.0 Å². The van der Waals surface area contributed by atoms with E-state index in [1.807, 2.05) is 27.7 Å². The van der Waals surface area contributed by atoms with Crippen LogP contribution in [0.4, 0.5) is 0 Å². The molecule has 0 radical (unpaired) electrons. The number of carbonyl (C=O) groups is 1. The Morgan fingerprint density at radius 1 is 1.22 bits per heavy atom. The molecule has 0 fully saturated rings. The molecule has 23 heavy (non-hydrogen) atoms. The first-order valence-corrected chi connectivity index (χ1v) is 8.68. The molecule has 0 saturated carbocycles. The van der Waals surface area contributed by atoms with Gasteiger partial charge in [0.25, 0.3) is 5.91 Å². The molecule has 8 heteroatoms. The molecule has 0 unspecified atom stereocenters. The number of hydrogen-bond donors (Lipinski definition) is 3. The van der Waals surface area contributed by atoms with Crippen LogP contribution in [-0.4, -0.2) is 33.0 Å². The van der Waals surface area contributed by atoms with Gasteiger partial charge >= 0.3 is 0 Å². The Bertz CT molecular complexity index is 613. The van der Waals surface area contributed by atoms with Crippen molar-refractivity contribution in [3.63, 3.8) is 0 Å². The lowest BCUT2D eigenvalue weighted by atomic mass is 10.1. The van der Waals surface area contributed by atoms with Crippen LogP contribution in [0.15, 0.2) is 29.2 Å². The lowest BCUT2D eigenvalue weighted by Gasteiger charge is -2.24. The Balaban J connectivity index is 0.00000484. The quantitative estimate of drug-likeness (QED) is 0.683. The largest absolute Gasteiger partial charge is 0.346 e. The summed E-state index contributed by atoms with van der Waals surface area (Å²) in [6.07, 6.45) is 0. The Morgan fingerprint density at radius 2 is 1.74 bits per heavy atom. The second-order valence-corrected chi connectivity index (χ2v) is 8.08. The van der Waals surface area contributed by atoms with Gasteiger partial charge in [-0.1, -0.05) is 13.8 Å². The highest BCUT2D eigenvalue weighted by Crippen LogP contribution is 2.12. The van der Waals surface area contributed by atoms with Crippen LogP contribution in [0.25, 0.3) is 0 Å². The Kier molecular flexibility index (Phi) is 8.20. The molecule has 0 spiro atoms. The lowest BCUT2D eigenvalue weighted by molar-refractivity contribution is 0.0915. The van der Waals surface area contributed by atoms with Crippen LogP contribution in [-0.2, 0) is 10.0 Å². The van der Waals surface area contributed by atoms with Crippen molar-refractivity contribution in [1.29, 1.82) is 0 Å². The summed E-state index contributed by atoms with van der Waals surface area (Å²) in [5.41, 5.74) is 5.45. The minimum Gasteiger partial charge on any atom is -0.346 e. The Hall–Kier alpha value is -1.15. The van der Waals surface area contributed by atoms with Gasteiger partial charge in [-0.2, -0.15) is 0 Å². The minimum absolute atomic E-state index is 0. The predicted octanol–water partition coefficient (Wildman–Crippen LogP) is 1.51. The predicted molar refractivity (Wildman–Crippen MR) is 94.3 cm³/mol. The molecule has 0 bridgehead atoms. The number of amides is 1. The molecule has 0 atom stereocenters. The third-order valence-corrected chi connectivity index (χ3v) is 4.51. The Morgan fingerprint density at radius 3 is 2.17 bits per heavy atom. The number of benzene rings is 1. The Labute approximate surface area is 144 Å². The zero-order chi connectivity index (χ0) is 17.0. The van der Waals surface area contributed by atoms with E-state index in [-0.39, 0.29) is 29.1 Å². The summed E-state index contributed by atoms with van der Waals surface area (Å²) in [7, 11) is -3.54. The molecule has 0 saturated heterocycles. The van der Waals surface area contributed by atoms with E-state index in [4.69, 9.17) is 5.73 Å². The first kappa shape index (κ1) is 21.9. The number of hydrogen-bond acceptors (Lipinski definition) is 4. The van der Waals surface area contributed by atoms with Crippen LogP contribution < -0.4 is 15.8 Å². The summed E-state index contributed by atoms with van der Waals surface area (Å²) < 4.78 is 26.7. The number of nitrogens with one attached hydrogen (secondary N) is 2. The molecule has 4 N–H and O–H groups in total. The minimum atomic E-state index is -3.54. The van der Waals surface area contributed by atoms with E-state index in [2.05, 4.69) is 10.0 Å². The zero-order valence-corrected chi connectivity index (χ0v) is 15.6. The van der Waals surface area contributed by atoms with Crippen molar-refractivity contribution >= 4 is 28.3 Å². The molecule has 1 aromatic carbocycles. The standard InChI is InChI=1S/C15H25N3O3S.ClH/c1-11(2)9-17-22(20,21)13-7-5-12(6-8-13)14(19)18-15(3,4)10-16;/h5-8,11,17H,9-10,16H2,1-4H3,(H,18,19);1H. The average Bonchev–Trinajstić information content (AvgIpc) is 2.45. The van der Waals surface area contributed by atoms with Gasteiger partial charge in [0.15, 0.2) is 0 Å².